The minimum Gasteiger partial charge on any atom is -0.357 e. The van der Waals surface area contributed by atoms with Gasteiger partial charge in [0.25, 0.3) is 0 Å². The monoisotopic (exact) mass is 564 g/mol. The number of halogens is 3. The highest BCUT2D eigenvalue weighted by Gasteiger charge is 2.27. The first kappa shape index (κ1) is 26.7. The summed E-state index contributed by atoms with van der Waals surface area (Å²) in [5.74, 6) is -0.292. The Balaban J connectivity index is 0.00000363. The average molecular weight is 564 g/mol. The van der Waals surface area contributed by atoms with E-state index in [0.717, 1.165) is 45.0 Å². The largest absolute Gasteiger partial charge is 0.357 e. The van der Waals surface area contributed by atoms with E-state index in [9.17, 15) is 13.6 Å². The highest BCUT2D eigenvalue weighted by molar-refractivity contribution is 14.0. The summed E-state index contributed by atoms with van der Waals surface area (Å²) in [6.07, 6.45) is 2.18. The molecule has 1 unspecified atom stereocenters. The molecule has 1 heterocycles. The summed E-state index contributed by atoms with van der Waals surface area (Å²) in [4.78, 5) is 22.8. The summed E-state index contributed by atoms with van der Waals surface area (Å²) in [5.41, 5.74) is 0.0404. The van der Waals surface area contributed by atoms with E-state index in [4.69, 9.17) is 4.99 Å². The molecular formula is C22H35F2IN6O. The van der Waals surface area contributed by atoms with Gasteiger partial charge >= 0.3 is 0 Å². The zero-order valence-corrected chi connectivity index (χ0v) is 21.4. The summed E-state index contributed by atoms with van der Waals surface area (Å²) in [6, 6.07) is 3.80. The minimum atomic E-state index is -0.558. The van der Waals surface area contributed by atoms with Gasteiger partial charge in [-0.05, 0) is 46.0 Å². The van der Waals surface area contributed by atoms with Crippen molar-refractivity contribution in [2.75, 3.05) is 59.9 Å². The van der Waals surface area contributed by atoms with Crippen LogP contribution in [0.2, 0.25) is 0 Å². The Bertz CT molecular complexity index is 761. The van der Waals surface area contributed by atoms with E-state index >= 15 is 0 Å². The molecule has 1 atom stereocenters. The van der Waals surface area contributed by atoms with Crippen LogP contribution >= 0.6 is 24.0 Å². The molecule has 1 aliphatic heterocycles. The lowest BCUT2D eigenvalue weighted by atomic mass is 10.0. The van der Waals surface area contributed by atoms with Crippen LogP contribution in [0.1, 0.15) is 31.4 Å². The number of nitrogens with zero attached hydrogens (tertiary/aromatic N) is 4. The fraction of sp³-hybridized carbons (Fsp3) is 0.636. The molecule has 0 radical (unpaired) electrons. The van der Waals surface area contributed by atoms with Gasteiger partial charge in [-0.15, -0.1) is 24.0 Å². The highest BCUT2D eigenvalue weighted by Crippen LogP contribution is 2.25. The maximum Gasteiger partial charge on any atom is 0.234 e. The first-order valence-electron chi connectivity index (χ1n) is 11.0. The molecule has 1 aliphatic carbocycles. The van der Waals surface area contributed by atoms with Crippen molar-refractivity contribution in [1.29, 1.82) is 0 Å². The fourth-order valence-electron chi connectivity index (χ4n) is 3.76. The number of hydrogen-bond acceptors (Lipinski definition) is 4. The van der Waals surface area contributed by atoms with Gasteiger partial charge in [0, 0.05) is 44.3 Å². The number of rotatable bonds is 8. The third-order valence-electron chi connectivity index (χ3n) is 5.69. The fourth-order valence-corrected chi connectivity index (χ4v) is 3.76. The first-order chi connectivity index (χ1) is 14.9. The Morgan fingerprint density at radius 1 is 1.19 bits per heavy atom. The Hall–Kier alpha value is -1.53. The molecule has 3 rings (SSSR count). The molecule has 1 aromatic carbocycles. The molecule has 2 N–H and O–H groups in total. The molecular weight excluding hydrogens is 529 g/mol. The zero-order valence-electron chi connectivity index (χ0n) is 19.1. The second-order valence-electron chi connectivity index (χ2n) is 8.41. The van der Waals surface area contributed by atoms with E-state index in [-0.39, 0.29) is 42.0 Å². The standard InChI is InChI=1S/C22H34F2N6O.HI/c1-4-25-22(26-14-19(28(2)3)21-17(23)6-5-7-18(21)24)30-12-10-29(11-13-30)15-20(31)27-16-8-9-16;/h5-7,16,19H,4,8-15H2,1-3H3,(H,25,26)(H,27,31);1H. The van der Waals surface area contributed by atoms with E-state index in [0.29, 0.717) is 19.1 Å². The third kappa shape index (κ3) is 7.51. The number of aliphatic imine (C=N–C) groups is 1. The number of carbonyl (C=O) groups is 1. The Kier molecular flexibility index (Phi) is 10.6. The molecule has 180 valence electrons. The molecule has 0 spiro atoms. The van der Waals surface area contributed by atoms with Gasteiger partial charge < -0.3 is 20.4 Å². The molecule has 2 fully saturated rings. The zero-order chi connectivity index (χ0) is 22.4. The highest BCUT2D eigenvalue weighted by atomic mass is 127. The van der Waals surface area contributed by atoms with Crippen LogP contribution in [-0.4, -0.2) is 92.5 Å². The van der Waals surface area contributed by atoms with Crippen molar-refractivity contribution in [3.8, 4) is 0 Å². The number of likely N-dealkylation sites (N-methyl/N-ethyl adjacent to an activating group) is 1. The van der Waals surface area contributed by atoms with Gasteiger partial charge in [-0.25, -0.2) is 8.78 Å². The lowest BCUT2D eigenvalue weighted by Crippen LogP contribution is -2.54. The number of nitrogens with one attached hydrogen (secondary N) is 2. The lowest BCUT2D eigenvalue weighted by Gasteiger charge is -2.36. The Morgan fingerprint density at radius 2 is 1.81 bits per heavy atom. The number of benzene rings is 1. The van der Waals surface area contributed by atoms with Crippen molar-refractivity contribution in [1.82, 2.24) is 25.3 Å². The maximum atomic E-state index is 14.3. The summed E-state index contributed by atoms with van der Waals surface area (Å²) < 4.78 is 28.7. The smallest absolute Gasteiger partial charge is 0.234 e. The summed E-state index contributed by atoms with van der Waals surface area (Å²) in [6.45, 7) is 6.36. The van der Waals surface area contributed by atoms with Gasteiger partial charge in [0.15, 0.2) is 5.96 Å². The van der Waals surface area contributed by atoms with Gasteiger partial charge in [0.05, 0.1) is 19.1 Å². The summed E-state index contributed by atoms with van der Waals surface area (Å²) in [7, 11) is 3.59. The predicted octanol–water partition coefficient (Wildman–Crippen LogP) is 2.05. The first-order valence-corrected chi connectivity index (χ1v) is 11.0. The normalized spacial score (nSPS) is 18.3. The number of hydrogen-bond donors (Lipinski definition) is 2. The second kappa shape index (κ2) is 12.6. The van der Waals surface area contributed by atoms with E-state index in [2.05, 4.69) is 20.4 Å². The molecule has 32 heavy (non-hydrogen) atoms. The third-order valence-corrected chi connectivity index (χ3v) is 5.69. The summed E-state index contributed by atoms with van der Waals surface area (Å²) in [5, 5.41) is 6.32. The van der Waals surface area contributed by atoms with Crippen LogP contribution in [0.15, 0.2) is 23.2 Å². The molecule has 0 aromatic heterocycles. The molecule has 10 heteroatoms. The van der Waals surface area contributed by atoms with Gasteiger partial charge in [-0.1, -0.05) is 6.07 Å². The maximum absolute atomic E-state index is 14.3. The lowest BCUT2D eigenvalue weighted by molar-refractivity contribution is -0.122. The Morgan fingerprint density at radius 3 is 2.34 bits per heavy atom. The van der Waals surface area contributed by atoms with Crippen molar-refractivity contribution >= 4 is 35.8 Å². The van der Waals surface area contributed by atoms with Gasteiger partial charge in [0.1, 0.15) is 11.6 Å². The predicted molar refractivity (Wildman–Crippen MR) is 133 cm³/mol. The van der Waals surface area contributed by atoms with Crippen molar-refractivity contribution in [2.24, 2.45) is 4.99 Å². The van der Waals surface area contributed by atoms with Crippen LogP contribution < -0.4 is 10.6 Å². The van der Waals surface area contributed by atoms with E-state index in [1.807, 2.05) is 6.92 Å². The Labute approximate surface area is 206 Å². The van der Waals surface area contributed by atoms with Crippen LogP contribution in [0.25, 0.3) is 0 Å². The molecule has 1 amide bonds. The second-order valence-corrected chi connectivity index (χ2v) is 8.41. The van der Waals surface area contributed by atoms with Crippen LogP contribution in [-0.2, 0) is 4.79 Å². The van der Waals surface area contributed by atoms with Gasteiger partial charge in [-0.3, -0.25) is 14.7 Å². The van der Waals surface area contributed by atoms with Crippen molar-refractivity contribution in [3.63, 3.8) is 0 Å². The SMILES string of the molecule is CCNC(=NCC(c1c(F)cccc1F)N(C)C)N1CCN(CC(=O)NC2CC2)CC1.I. The van der Waals surface area contributed by atoms with Crippen molar-refractivity contribution in [3.05, 3.63) is 35.4 Å². The van der Waals surface area contributed by atoms with Crippen LogP contribution in [0, 0.1) is 11.6 Å². The van der Waals surface area contributed by atoms with Crippen LogP contribution in [0.4, 0.5) is 8.78 Å². The van der Waals surface area contributed by atoms with Gasteiger partial charge in [-0.2, -0.15) is 0 Å². The molecule has 2 aliphatic rings. The number of amides is 1. The van der Waals surface area contributed by atoms with Crippen molar-refractivity contribution in [2.45, 2.75) is 31.8 Å². The average Bonchev–Trinajstić information content (AvgIpc) is 3.53. The quantitative estimate of drug-likeness (QED) is 0.288. The van der Waals surface area contributed by atoms with Crippen LogP contribution in [0.3, 0.4) is 0 Å². The van der Waals surface area contributed by atoms with E-state index in [1.54, 1.807) is 19.0 Å². The number of piperazine rings is 1. The molecule has 1 aromatic rings. The topological polar surface area (TPSA) is 63.2 Å². The van der Waals surface area contributed by atoms with E-state index < -0.39 is 17.7 Å². The molecule has 1 saturated carbocycles. The molecule has 1 saturated heterocycles. The van der Waals surface area contributed by atoms with Crippen LogP contribution in [0.5, 0.6) is 0 Å². The number of carbonyl (C=O) groups excluding carboxylic acids is 1. The summed E-state index contributed by atoms with van der Waals surface area (Å²) >= 11 is 0. The molecule has 7 nitrogen and oxygen atoms in total. The van der Waals surface area contributed by atoms with Crippen molar-refractivity contribution < 1.29 is 13.6 Å². The number of guanidine groups is 1. The molecule has 0 bridgehead atoms. The minimum absolute atomic E-state index is 0. The van der Waals surface area contributed by atoms with E-state index in [1.165, 1.54) is 18.2 Å². The van der Waals surface area contributed by atoms with Gasteiger partial charge in [0.2, 0.25) is 5.91 Å².